The van der Waals surface area contributed by atoms with Crippen LogP contribution in [-0.4, -0.2) is 60.2 Å². The summed E-state index contributed by atoms with van der Waals surface area (Å²) in [5, 5.41) is 3.07. The number of hydrogen-bond acceptors (Lipinski definition) is 3. The Labute approximate surface area is 171 Å². The Morgan fingerprint density at radius 2 is 1.62 bits per heavy atom. The molecule has 0 bridgehead atoms. The minimum absolute atomic E-state index is 0.0496. The largest absolute Gasteiger partial charge is 0.349 e. The Bertz CT molecular complexity index is 874. The van der Waals surface area contributed by atoms with E-state index in [9.17, 15) is 14.4 Å². The van der Waals surface area contributed by atoms with Crippen LogP contribution < -0.4 is 5.32 Å². The topological polar surface area (TPSA) is 69.7 Å². The molecule has 3 rings (SSSR count). The number of rotatable bonds is 5. The molecule has 6 heteroatoms. The van der Waals surface area contributed by atoms with E-state index < -0.39 is 0 Å². The van der Waals surface area contributed by atoms with Crippen molar-refractivity contribution in [1.29, 1.82) is 0 Å². The van der Waals surface area contributed by atoms with Crippen molar-refractivity contribution in [3.8, 4) is 0 Å². The molecular weight excluding hydrogens is 366 g/mol. The first kappa shape index (κ1) is 20.6. The number of aryl methyl sites for hydroxylation is 1. The molecule has 29 heavy (non-hydrogen) atoms. The standard InChI is InChI=1S/C23H27N3O3/c1-17-8-6-7-11-20(17)22(28)24-19-12-14-26(15-13-19)21(27)16-25(2)23(29)18-9-4-3-5-10-18/h3-11,19H,12-16H2,1-2H3,(H,24,28). The summed E-state index contributed by atoms with van der Waals surface area (Å²) in [6.45, 7) is 3.12. The van der Waals surface area contributed by atoms with Gasteiger partial charge in [0.1, 0.15) is 0 Å². The molecule has 1 N–H and O–H groups in total. The first-order chi connectivity index (χ1) is 14.0. The maximum atomic E-state index is 12.6. The van der Waals surface area contributed by atoms with Gasteiger partial charge in [0.2, 0.25) is 5.91 Å². The molecule has 0 aliphatic carbocycles. The van der Waals surface area contributed by atoms with Crippen molar-refractivity contribution >= 4 is 17.7 Å². The van der Waals surface area contributed by atoms with Crippen LogP contribution in [0.25, 0.3) is 0 Å². The fourth-order valence-electron chi connectivity index (χ4n) is 3.54. The molecule has 2 aromatic rings. The second kappa shape index (κ2) is 9.37. The van der Waals surface area contributed by atoms with Crippen LogP contribution in [0, 0.1) is 6.92 Å². The molecule has 6 nitrogen and oxygen atoms in total. The van der Waals surface area contributed by atoms with Crippen LogP contribution in [0.4, 0.5) is 0 Å². The summed E-state index contributed by atoms with van der Waals surface area (Å²) >= 11 is 0. The van der Waals surface area contributed by atoms with Gasteiger partial charge < -0.3 is 15.1 Å². The number of likely N-dealkylation sites (tertiary alicyclic amines) is 1. The van der Waals surface area contributed by atoms with Gasteiger partial charge in [0.15, 0.2) is 0 Å². The lowest BCUT2D eigenvalue weighted by Gasteiger charge is -2.33. The summed E-state index contributed by atoms with van der Waals surface area (Å²) in [7, 11) is 1.64. The van der Waals surface area contributed by atoms with Gasteiger partial charge in [-0.1, -0.05) is 36.4 Å². The first-order valence-corrected chi connectivity index (χ1v) is 9.90. The Kier molecular flexibility index (Phi) is 6.65. The number of hydrogen-bond donors (Lipinski definition) is 1. The van der Waals surface area contributed by atoms with Crippen LogP contribution in [0.15, 0.2) is 54.6 Å². The van der Waals surface area contributed by atoms with Gasteiger partial charge in [-0.15, -0.1) is 0 Å². The molecule has 3 amide bonds. The fraction of sp³-hybridized carbons (Fsp3) is 0.348. The van der Waals surface area contributed by atoms with E-state index in [1.807, 2.05) is 37.3 Å². The van der Waals surface area contributed by atoms with Crippen molar-refractivity contribution < 1.29 is 14.4 Å². The Balaban J connectivity index is 1.47. The summed E-state index contributed by atoms with van der Waals surface area (Å²) in [6, 6.07) is 16.5. The van der Waals surface area contributed by atoms with E-state index >= 15 is 0 Å². The third-order valence-electron chi connectivity index (χ3n) is 5.31. The SMILES string of the molecule is Cc1ccccc1C(=O)NC1CCN(C(=O)CN(C)C(=O)c2ccccc2)CC1. The Morgan fingerprint density at radius 3 is 2.28 bits per heavy atom. The molecule has 0 aromatic heterocycles. The zero-order valence-corrected chi connectivity index (χ0v) is 16.9. The van der Waals surface area contributed by atoms with E-state index in [1.165, 1.54) is 4.90 Å². The summed E-state index contributed by atoms with van der Waals surface area (Å²) in [4.78, 5) is 40.7. The first-order valence-electron chi connectivity index (χ1n) is 9.90. The van der Waals surface area contributed by atoms with Crippen molar-refractivity contribution in [3.63, 3.8) is 0 Å². The smallest absolute Gasteiger partial charge is 0.254 e. The van der Waals surface area contributed by atoms with Crippen molar-refractivity contribution in [2.75, 3.05) is 26.7 Å². The molecule has 152 valence electrons. The van der Waals surface area contributed by atoms with E-state index in [4.69, 9.17) is 0 Å². The van der Waals surface area contributed by atoms with Gasteiger partial charge in [0, 0.05) is 37.3 Å². The number of nitrogens with zero attached hydrogens (tertiary/aromatic N) is 2. The molecule has 0 spiro atoms. The Morgan fingerprint density at radius 1 is 1.00 bits per heavy atom. The van der Waals surface area contributed by atoms with E-state index in [0.29, 0.717) is 37.1 Å². The monoisotopic (exact) mass is 393 g/mol. The van der Waals surface area contributed by atoms with Crippen molar-refractivity contribution in [2.45, 2.75) is 25.8 Å². The molecule has 0 radical (unpaired) electrons. The fourth-order valence-corrected chi connectivity index (χ4v) is 3.54. The molecular formula is C23H27N3O3. The number of likely N-dealkylation sites (N-methyl/N-ethyl adjacent to an activating group) is 1. The normalized spacial score (nSPS) is 14.3. The lowest BCUT2D eigenvalue weighted by molar-refractivity contribution is -0.132. The minimum atomic E-state index is -0.167. The molecule has 1 heterocycles. The summed E-state index contributed by atoms with van der Waals surface area (Å²) in [6.07, 6.45) is 1.42. The lowest BCUT2D eigenvalue weighted by Crippen LogP contribution is -2.49. The van der Waals surface area contributed by atoms with Gasteiger partial charge in [-0.05, 0) is 43.5 Å². The van der Waals surface area contributed by atoms with Crippen molar-refractivity contribution in [3.05, 3.63) is 71.3 Å². The van der Waals surface area contributed by atoms with Gasteiger partial charge in [-0.2, -0.15) is 0 Å². The summed E-state index contributed by atoms with van der Waals surface area (Å²) in [5.74, 6) is -0.305. The molecule has 1 saturated heterocycles. The quantitative estimate of drug-likeness (QED) is 0.849. The lowest BCUT2D eigenvalue weighted by atomic mass is 10.0. The van der Waals surface area contributed by atoms with Crippen LogP contribution in [0.2, 0.25) is 0 Å². The molecule has 0 atom stereocenters. The molecule has 2 aromatic carbocycles. The van der Waals surface area contributed by atoms with Crippen molar-refractivity contribution in [1.82, 2.24) is 15.1 Å². The molecule has 0 saturated carbocycles. The number of piperidine rings is 1. The van der Waals surface area contributed by atoms with E-state index in [1.54, 1.807) is 36.2 Å². The molecule has 0 unspecified atom stereocenters. The number of carbonyl (C=O) groups is 3. The van der Waals surface area contributed by atoms with Gasteiger partial charge in [0.05, 0.1) is 6.54 Å². The maximum absolute atomic E-state index is 12.6. The second-order valence-electron chi connectivity index (χ2n) is 7.47. The van der Waals surface area contributed by atoms with Crippen LogP contribution in [0.3, 0.4) is 0 Å². The van der Waals surface area contributed by atoms with Crippen molar-refractivity contribution in [2.24, 2.45) is 0 Å². The Hall–Kier alpha value is -3.15. The molecule has 1 fully saturated rings. The van der Waals surface area contributed by atoms with Gasteiger partial charge in [-0.3, -0.25) is 14.4 Å². The zero-order chi connectivity index (χ0) is 20.8. The van der Waals surface area contributed by atoms with Gasteiger partial charge in [-0.25, -0.2) is 0 Å². The van der Waals surface area contributed by atoms with Gasteiger partial charge >= 0.3 is 0 Å². The van der Waals surface area contributed by atoms with Crippen LogP contribution >= 0.6 is 0 Å². The number of carbonyl (C=O) groups excluding carboxylic acids is 3. The minimum Gasteiger partial charge on any atom is -0.349 e. The second-order valence-corrected chi connectivity index (χ2v) is 7.47. The average molecular weight is 393 g/mol. The van der Waals surface area contributed by atoms with Crippen LogP contribution in [0.5, 0.6) is 0 Å². The van der Waals surface area contributed by atoms with E-state index in [-0.39, 0.29) is 30.3 Å². The van der Waals surface area contributed by atoms with Gasteiger partial charge in [0.25, 0.3) is 11.8 Å². The average Bonchev–Trinajstić information content (AvgIpc) is 2.74. The molecule has 1 aliphatic heterocycles. The summed E-state index contributed by atoms with van der Waals surface area (Å²) in [5.41, 5.74) is 2.20. The van der Waals surface area contributed by atoms with E-state index in [0.717, 1.165) is 5.56 Å². The van der Waals surface area contributed by atoms with E-state index in [2.05, 4.69) is 5.32 Å². The molecule has 1 aliphatic rings. The zero-order valence-electron chi connectivity index (χ0n) is 16.9. The highest BCUT2D eigenvalue weighted by Crippen LogP contribution is 2.14. The third kappa shape index (κ3) is 5.22. The highest BCUT2D eigenvalue weighted by atomic mass is 16.2. The predicted octanol–water partition coefficient (Wildman–Crippen LogP) is 2.49. The third-order valence-corrected chi connectivity index (χ3v) is 5.31. The highest BCUT2D eigenvalue weighted by molar-refractivity contribution is 5.96. The van der Waals surface area contributed by atoms with Crippen LogP contribution in [-0.2, 0) is 4.79 Å². The number of nitrogens with one attached hydrogen (secondary N) is 1. The number of benzene rings is 2. The maximum Gasteiger partial charge on any atom is 0.254 e. The predicted molar refractivity (Wildman–Crippen MR) is 112 cm³/mol. The summed E-state index contributed by atoms with van der Waals surface area (Å²) < 4.78 is 0. The number of amides is 3. The highest BCUT2D eigenvalue weighted by Gasteiger charge is 2.26. The van der Waals surface area contributed by atoms with Crippen LogP contribution in [0.1, 0.15) is 39.1 Å².